The summed E-state index contributed by atoms with van der Waals surface area (Å²) in [7, 11) is 0. The molecular formula is C53H34N4O. The molecule has 0 fully saturated rings. The summed E-state index contributed by atoms with van der Waals surface area (Å²) >= 11 is 0. The Morgan fingerprint density at radius 2 is 0.862 bits per heavy atom. The summed E-state index contributed by atoms with van der Waals surface area (Å²) in [6.07, 6.45) is 0. The van der Waals surface area contributed by atoms with Gasteiger partial charge in [0.25, 0.3) is 0 Å². The van der Waals surface area contributed by atoms with Crippen LogP contribution >= 0.6 is 0 Å². The fourth-order valence-electron chi connectivity index (χ4n) is 7.93. The van der Waals surface area contributed by atoms with Gasteiger partial charge in [0.15, 0.2) is 17.5 Å². The maximum Gasteiger partial charge on any atom is 0.164 e. The van der Waals surface area contributed by atoms with E-state index in [2.05, 4.69) is 132 Å². The van der Waals surface area contributed by atoms with Crippen LogP contribution in [0.25, 0.3) is 106 Å². The molecule has 272 valence electrons. The largest absolute Gasteiger partial charge is 0.456 e. The minimum absolute atomic E-state index is 0.635. The molecule has 58 heavy (non-hydrogen) atoms. The summed E-state index contributed by atoms with van der Waals surface area (Å²) < 4.78 is 8.84. The molecule has 3 aromatic heterocycles. The zero-order valence-electron chi connectivity index (χ0n) is 31.3. The number of fused-ring (bicyclic) bond motifs is 3. The standard InChI is InChI=1S/C53H34N4O/c1-4-14-35(15-5-1)51-54-52(36-16-6-2-7-17-36)56-53(55-51)42-27-26-37-28-39(25-24-38(37)29-42)43-30-44(32-45(31-43)50-34-41-19-11-13-23-49(41)58-50)48-33-40-18-10-12-22-47(40)57(48)46-20-8-3-9-21-46/h1-34H. The highest BCUT2D eigenvalue weighted by atomic mass is 16.3. The van der Waals surface area contributed by atoms with Gasteiger partial charge in [-0.1, -0.05) is 140 Å². The molecule has 5 nitrogen and oxygen atoms in total. The summed E-state index contributed by atoms with van der Waals surface area (Å²) in [6, 6.07) is 71.9. The minimum Gasteiger partial charge on any atom is -0.456 e. The fourth-order valence-corrected chi connectivity index (χ4v) is 7.93. The monoisotopic (exact) mass is 742 g/mol. The van der Waals surface area contributed by atoms with E-state index in [4.69, 9.17) is 19.4 Å². The molecule has 0 aliphatic carbocycles. The Labute approximate surface area is 335 Å². The van der Waals surface area contributed by atoms with Gasteiger partial charge in [0.1, 0.15) is 11.3 Å². The van der Waals surface area contributed by atoms with Crippen LogP contribution in [-0.4, -0.2) is 19.5 Å². The second kappa shape index (κ2) is 14.0. The average Bonchev–Trinajstić information content (AvgIpc) is 3.92. The first kappa shape index (κ1) is 33.4. The SMILES string of the molecule is c1ccc(-c2nc(-c3ccccc3)nc(-c3ccc4cc(-c5cc(-c6cc7ccccc7o6)cc(-c6cc7ccccc7n6-c6ccccc6)c5)ccc4c3)n2)cc1. The van der Waals surface area contributed by atoms with Gasteiger partial charge < -0.3 is 8.98 Å². The first-order chi connectivity index (χ1) is 28.7. The summed E-state index contributed by atoms with van der Waals surface area (Å²) in [4.78, 5) is 14.8. The molecule has 0 N–H and O–H groups in total. The lowest BCUT2D eigenvalue weighted by atomic mass is 9.95. The van der Waals surface area contributed by atoms with Gasteiger partial charge in [0.05, 0.1) is 11.2 Å². The van der Waals surface area contributed by atoms with Crippen LogP contribution in [0.4, 0.5) is 0 Å². The Morgan fingerprint density at radius 3 is 1.55 bits per heavy atom. The number of nitrogens with zero attached hydrogens (tertiary/aromatic N) is 4. The Morgan fingerprint density at radius 1 is 0.328 bits per heavy atom. The first-order valence-corrected chi connectivity index (χ1v) is 19.4. The predicted molar refractivity (Wildman–Crippen MR) is 237 cm³/mol. The number of aromatic nitrogens is 4. The third-order valence-electron chi connectivity index (χ3n) is 10.8. The number of furan rings is 1. The van der Waals surface area contributed by atoms with Crippen LogP contribution < -0.4 is 0 Å². The molecule has 0 spiro atoms. The lowest BCUT2D eigenvalue weighted by Gasteiger charge is -2.14. The molecule has 0 aliphatic rings. The van der Waals surface area contributed by atoms with Gasteiger partial charge in [-0.05, 0) is 94.2 Å². The van der Waals surface area contributed by atoms with E-state index in [-0.39, 0.29) is 0 Å². The number of hydrogen-bond acceptors (Lipinski definition) is 4. The van der Waals surface area contributed by atoms with Gasteiger partial charge in [-0.2, -0.15) is 0 Å². The van der Waals surface area contributed by atoms with E-state index in [0.717, 1.165) is 83.3 Å². The highest BCUT2D eigenvalue weighted by Gasteiger charge is 2.18. The van der Waals surface area contributed by atoms with Gasteiger partial charge in [-0.3, -0.25) is 0 Å². The van der Waals surface area contributed by atoms with E-state index in [1.54, 1.807) is 0 Å². The van der Waals surface area contributed by atoms with Crippen molar-refractivity contribution >= 4 is 32.6 Å². The number of para-hydroxylation sites is 3. The number of rotatable bonds is 7. The van der Waals surface area contributed by atoms with Crippen LogP contribution in [0.3, 0.4) is 0 Å². The van der Waals surface area contributed by atoms with Crippen LogP contribution in [0.1, 0.15) is 0 Å². The maximum absolute atomic E-state index is 6.49. The molecule has 0 aliphatic heterocycles. The first-order valence-electron chi connectivity index (χ1n) is 19.4. The Bertz CT molecular complexity index is 3190. The van der Waals surface area contributed by atoms with E-state index < -0.39 is 0 Å². The molecule has 0 saturated heterocycles. The smallest absolute Gasteiger partial charge is 0.164 e. The number of benzene rings is 8. The summed E-state index contributed by atoms with van der Waals surface area (Å²) in [6.45, 7) is 0. The Balaban J connectivity index is 1.05. The Kier molecular flexibility index (Phi) is 8.07. The number of hydrogen-bond donors (Lipinski definition) is 0. The average molecular weight is 743 g/mol. The Hall–Kier alpha value is -7.89. The van der Waals surface area contributed by atoms with Gasteiger partial charge in [-0.25, -0.2) is 15.0 Å². The molecular weight excluding hydrogens is 709 g/mol. The van der Waals surface area contributed by atoms with Crippen molar-refractivity contribution in [3.8, 4) is 73.6 Å². The molecule has 0 radical (unpaired) electrons. The normalized spacial score (nSPS) is 11.4. The van der Waals surface area contributed by atoms with Crippen molar-refractivity contribution in [2.24, 2.45) is 0 Å². The molecule has 0 saturated carbocycles. The molecule has 0 unspecified atom stereocenters. The van der Waals surface area contributed by atoms with Crippen LogP contribution in [0.5, 0.6) is 0 Å². The van der Waals surface area contributed by atoms with Gasteiger partial charge >= 0.3 is 0 Å². The predicted octanol–water partition coefficient (Wildman–Crippen LogP) is 13.7. The maximum atomic E-state index is 6.49. The van der Waals surface area contributed by atoms with E-state index in [9.17, 15) is 0 Å². The van der Waals surface area contributed by atoms with Crippen molar-refractivity contribution in [3.63, 3.8) is 0 Å². The van der Waals surface area contributed by atoms with Crippen LogP contribution in [0.15, 0.2) is 211 Å². The van der Waals surface area contributed by atoms with Crippen LogP contribution in [0, 0.1) is 0 Å². The van der Waals surface area contributed by atoms with Gasteiger partial charge in [-0.15, -0.1) is 0 Å². The quantitative estimate of drug-likeness (QED) is 0.163. The molecule has 0 bridgehead atoms. The molecule has 5 heteroatoms. The van der Waals surface area contributed by atoms with Crippen LogP contribution in [-0.2, 0) is 0 Å². The summed E-state index contributed by atoms with van der Waals surface area (Å²) in [5.41, 5.74) is 11.4. The third-order valence-corrected chi connectivity index (χ3v) is 10.8. The lowest BCUT2D eigenvalue weighted by molar-refractivity contribution is 0.631. The highest BCUT2D eigenvalue weighted by Crippen LogP contribution is 2.39. The molecule has 11 rings (SSSR count). The third kappa shape index (κ3) is 6.12. The van der Waals surface area contributed by atoms with Crippen molar-refractivity contribution in [3.05, 3.63) is 206 Å². The van der Waals surface area contributed by atoms with Crippen molar-refractivity contribution in [2.45, 2.75) is 0 Å². The van der Waals surface area contributed by atoms with Crippen molar-refractivity contribution in [2.75, 3.05) is 0 Å². The summed E-state index contributed by atoms with van der Waals surface area (Å²) in [5.74, 6) is 2.76. The van der Waals surface area contributed by atoms with E-state index in [1.807, 2.05) is 78.9 Å². The van der Waals surface area contributed by atoms with Crippen molar-refractivity contribution < 1.29 is 4.42 Å². The van der Waals surface area contributed by atoms with Gasteiger partial charge in [0.2, 0.25) is 0 Å². The summed E-state index contributed by atoms with van der Waals surface area (Å²) in [5, 5.41) is 4.48. The topological polar surface area (TPSA) is 56.7 Å². The molecule has 11 aromatic rings. The van der Waals surface area contributed by atoms with Crippen molar-refractivity contribution in [1.82, 2.24) is 19.5 Å². The fraction of sp³-hybridized carbons (Fsp3) is 0. The van der Waals surface area contributed by atoms with Crippen LogP contribution in [0.2, 0.25) is 0 Å². The minimum atomic E-state index is 0.635. The van der Waals surface area contributed by atoms with E-state index in [1.165, 1.54) is 5.39 Å². The molecule has 3 heterocycles. The highest BCUT2D eigenvalue weighted by molar-refractivity contribution is 5.94. The lowest BCUT2D eigenvalue weighted by Crippen LogP contribution is -2.00. The second-order valence-corrected chi connectivity index (χ2v) is 14.5. The molecule has 0 atom stereocenters. The molecule has 8 aromatic carbocycles. The molecule has 0 amide bonds. The zero-order valence-corrected chi connectivity index (χ0v) is 31.3. The van der Waals surface area contributed by atoms with Crippen molar-refractivity contribution in [1.29, 1.82) is 0 Å². The van der Waals surface area contributed by atoms with E-state index in [0.29, 0.717) is 17.5 Å². The second-order valence-electron chi connectivity index (χ2n) is 14.5. The zero-order chi connectivity index (χ0) is 38.4. The van der Waals surface area contributed by atoms with E-state index >= 15 is 0 Å². The van der Waals surface area contributed by atoms with Gasteiger partial charge in [0, 0.05) is 38.7 Å².